The van der Waals surface area contributed by atoms with Crippen LogP contribution < -0.4 is 4.72 Å². The molecule has 0 radical (unpaired) electrons. The van der Waals surface area contributed by atoms with Gasteiger partial charge in [-0.1, -0.05) is 0 Å². The van der Waals surface area contributed by atoms with Crippen LogP contribution in [0.3, 0.4) is 0 Å². The van der Waals surface area contributed by atoms with Crippen molar-refractivity contribution >= 4 is 27.3 Å². The number of hydrogen-bond acceptors (Lipinski definition) is 5. The van der Waals surface area contributed by atoms with Crippen LogP contribution in [0.5, 0.6) is 0 Å². The van der Waals surface area contributed by atoms with E-state index in [1.54, 1.807) is 16.9 Å². The lowest BCUT2D eigenvalue weighted by atomic mass is 10.2. The Kier molecular flexibility index (Phi) is 3.37. The van der Waals surface area contributed by atoms with E-state index in [0.717, 1.165) is 21.8 Å². The van der Waals surface area contributed by atoms with E-state index in [0.29, 0.717) is 6.42 Å². The summed E-state index contributed by atoms with van der Waals surface area (Å²) in [6, 6.07) is 3.24. The molecule has 2 aromatic heterocycles. The van der Waals surface area contributed by atoms with E-state index < -0.39 is 15.9 Å². The number of carbonyl (C=O) groups is 1. The van der Waals surface area contributed by atoms with E-state index in [9.17, 15) is 13.2 Å². The van der Waals surface area contributed by atoms with Gasteiger partial charge >= 0.3 is 0 Å². The summed E-state index contributed by atoms with van der Waals surface area (Å²) in [6.45, 7) is 1.82. The number of rotatable bonds is 4. The number of aryl methyl sites for hydroxylation is 2. The van der Waals surface area contributed by atoms with Crippen LogP contribution in [0.25, 0.3) is 0 Å². The van der Waals surface area contributed by atoms with Gasteiger partial charge in [0.15, 0.2) is 0 Å². The number of nitrogens with one attached hydrogen (secondary N) is 1. The first kappa shape index (κ1) is 14.3. The average Bonchev–Trinajstić information content (AvgIpc) is 2.89. The van der Waals surface area contributed by atoms with Crippen molar-refractivity contribution in [1.29, 1.82) is 0 Å². The van der Waals surface area contributed by atoms with Crippen LogP contribution >= 0.6 is 11.3 Å². The second kappa shape index (κ2) is 4.96. The van der Waals surface area contributed by atoms with Gasteiger partial charge in [-0.15, -0.1) is 11.3 Å². The van der Waals surface area contributed by atoms with Gasteiger partial charge in [0.25, 0.3) is 10.0 Å². The maximum Gasteiger partial charge on any atom is 0.273 e. The molecule has 8 heteroatoms. The fourth-order valence-corrected chi connectivity index (χ4v) is 4.61. The molecule has 1 fully saturated rings. The summed E-state index contributed by atoms with van der Waals surface area (Å²) < 4.78 is 28.2. The van der Waals surface area contributed by atoms with E-state index in [1.165, 1.54) is 6.07 Å². The number of aromatic nitrogens is 2. The zero-order valence-electron chi connectivity index (χ0n) is 11.6. The fourth-order valence-electron chi connectivity index (χ4n) is 2.30. The normalized spacial score (nSPS) is 21.2. The van der Waals surface area contributed by atoms with Crippen molar-refractivity contribution < 1.29 is 13.2 Å². The highest BCUT2D eigenvalue weighted by atomic mass is 32.2. The first-order valence-electron chi connectivity index (χ1n) is 6.48. The maximum absolute atomic E-state index is 12.1. The van der Waals surface area contributed by atoms with Gasteiger partial charge in [-0.2, -0.15) is 5.10 Å². The molecule has 1 aliphatic carbocycles. The zero-order valence-corrected chi connectivity index (χ0v) is 13.2. The summed E-state index contributed by atoms with van der Waals surface area (Å²) >= 11 is 1.15. The number of nitrogens with zero attached hydrogens (tertiary/aromatic N) is 2. The number of carbonyl (C=O) groups excluding carboxylic acids is 1. The third-order valence-electron chi connectivity index (χ3n) is 3.50. The molecule has 0 aliphatic heterocycles. The summed E-state index contributed by atoms with van der Waals surface area (Å²) in [5.41, 5.74) is 0.974. The molecule has 0 bridgehead atoms. The van der Waals surface area contributed by atoms with E-state index in [-0.39, 0.29) is 16.0 Å². The predicted octanol–water partition coefficient (Wildman–Crippen LogP) is 1.40. The minimum atomic E-state index is -3.75. The van der Waals surface area contributed by atoms with Gasteiger partial charge in [0.05, 0.1) is 6.20 Å². The lowest BCUT2D eigenvalue weighted by molar-refractivity contribution is -0.120. The number of thiophene rings is 1. The largest absolute Gasteiger partial charge is 0.276 e. The van der Waals surface area contributed by atoms with Crippen molar-refractivity contribution in [2.45, 2.75) is 23.5 Å². The Labute approximate surface area is 126 Å². The van der Waals surface area contributed by atoms with Crippen molar-refractivity contribution in [3.63, 3.8) is 0 Å². The van der Waals surface area contributed by atoms with Gasteiger partial charge < -0.3 is 0 Å². The van der Waals surface area contributed by atoms with E-state index in [1.807, 2.05) is 20.2 Å². The van der Waals surface area contributed by atoms with Gasteiger partial charge in [0.2, 0.25) is 5.91 Å². The molecular weight excluding hydrogens is 310 g/mol. The Hall–Kier alpha value is -1.67. The Balaban J connectivity index is 1.68. The Morgan fingerprint density at radius 3 is 2.81 bits per heavy atom. The summed E-state index contributed by atoms with van der Waals surface area (Å²) in [5.74, 6) is -0.654. The second-order valence-electron chi connectivity index (χ2n) is 5.23. The lowest BCUT2D eigenvalue weighted by Crippen LogP contribution is -2.31. The summed E-state index contributed by atoms with van der Waals surface area (Å²) in [6.07, 6.45) is 4.24. The number of sulfonamides is 1. The highest BCUT2D eigenvalue weighted by Crippen LogP contribution is 2.47. The summed E-state index contributed by atoms with van der Waals surface area (Å²) in [5, 5.41) is 4.06. The van der Waals surface area contributed by atoms with Crippen LogP contribution in [0.4, 0.5) is 0 Å². The minimum absolute atomic E-state index is 0.0685. The highest BCUT2D eigenvalue weighted by Gasteiger charge is 2.45. The molecule has 1 N–H and O–H groups in total. The average molecular weight is 325 g/mol. The first-order valence-corrected chi connectivity index (χ1v) is 8.78. The van der Waals surface area contributed by atoms with Crippen molar-refractivity contribution in [3.05, 3.63) is 35.0 Å². The van der Waals surface area contributed by atoms with Gasteiger partial charge in [-0.05, 0) is 37.0 Å². The number of hydrogen-bond donors (Lipinski definition) is 1. The van der Waals surface area contributed by atoms with Gasteiger partial charge in [0.1, 0.15) is 4.21 Å². The second-order valence-corrected chi connectivity index (χ2v) is 8.43. The van der Waals surface area contributed by atoms with Gasteiger partial charge in [-0.25, -0.2) is 13.1 Å². The zero-order chi connectivity index (χ0) is 15.2. The van der Waals surface area contributed by atoms with Crippen molar-refractivity contribution in [3.8, 4) is 0 Å². The minimum Gasteiger partial charge on any atom is -0.276 e. The van der Waals surface area contributed by atoms with E-state index in [4.69, 9.17) is 0 Å². The van der Waals surface area contributed by atoms with Crippen LogP contribution in [0.15, 0.2) is 28.7 Å². The Bertz CT molecular complexity index is 791. The Morgan fingerprint density at radius 2 is 2.24 bits per heavy atom. The molecule has 0 unspecified atom stereocenters. The fraction of sp³-hybridized carbons (Fsp3) is 0.385. The van der Waals surface area contributed by atoms with Gasteiger partial charge in [-0.3, -0.25) is 9.48 Å². The highest BCUT2D eigenvalue weighted by molar-refractivity contribution is 7.92. The molecule has 112 valence electrons. The molecule has 2 atom stereocenters. The standard InChI is InChI=1S/C13H15N3O3S2/c1-8-3-4-12(20-8)21(18,19)15-13(17)11-5-10(11)9-6-14-16(2)7-9/h3-4,6-7,10-11H,5H2,1-2H3,(H,15,17)/t10-,11-/m0/s1. The predicted molar refractivity (Wildman–Crippen MR) is 78.4 cm³/mol. The smallest absolute Gasteiger partial charge is 0.273 e. The maximum atomic E-state index is 12.1. The molecule has 0 aromatic carbocycles. The quantitative estimate of drug-likeness (QED) is 0.921. The van der Waals surface area contributed by atoms with Gasteiger partial charge in [0, 0.05) is 24.0 Å². The summed E-state index contributed by atoms with van der Waals surface area (Å²) in [7, 11) is -1.94. The number of amides is 1. The van der Waals surface area contributed by atoms with Crippen LogP contribution in [0.1, 0.15) is 22.8 Å². The van der Waals surface area contributed by atoms with Crippen molar-refractivity contribution in [1.82, 2.24) is 14.5 Å². The van der Waals surface area contributed by atoms with E-state index in [2.05, 4.69) is 9.82 Å². The lowest BCUT2D eigenvalue weighted by Gasteiger charge is -2.04. The van der Waals surface area contributed by atoms with Crippen molar-refractivity contribution in [2.24, 2.45) is 13.0 Å². The van der Waals surface area contributed by atoms with Crippen LogP contribution in [0.2, 0.25) is 0 Å². The molecule has 21 heavy (non-hydrogen) atoms. The first-order chi connectivity index (χ1) is 9.87. The Morgan fingerprint density at radius 1 is 1.48 bits per heavy atom. The molecule has 0 saturated heterocycles. The van der Waals surface area contributed by atoms with Crippen LogP contribution in [-0.4, -0.2) is 24.1 Å². The third-order valence-corrected chi connectivity index (χ3v) is 6.34. The molecular formula is C13H15N3O3S2. The van der Waals surface area contributed by atoms with Crippen LogP contribution in [-0.2, 0) is 21.9 Å². The third kappa shape index (κ3) is 2.86. The molecule has 2 aromatic rings. The SMILES string of the molecule is Cc1ccc(S(=O)(=O)NC(=O)[C@H]2C[C@H]2c2cnn(C)c2)s1. The molecule has 1 aliphatic rings. The molecule has 6 nitrogen and oxygen atoms in total. The molecule has 3 rings (SSSR count). The van der Waals surface area contributed by atoms with E-state index >= 15 is 0 Å². The van der Waals surface area contributed by atoms with Crippen LogP contribution in [0, 0.1) is 12.8 Å². The molecule has 1 amide bonds. The molecule has 0 spiro atoms. The van der Waals surface area contributed by atoms with Crippen molar-refractivity contribution in [2.75, 3.05) is 0 Å². The summed E-state index contributed by atoms with van der Waals surface area (Å²) in [4.78, 5) is 13.0. The molecule has 1 saturated carbocycles. The monoisotopic (exact) mass is 325 g/mol. The molecule has 2 heterocycles. The topological polar surface area (TPSA) is 81.1 Å².